The first-order valence-corrected chi connectivity index (χ1v) is 5.42. The van der Waals surface area contributed by atoms with Crippen LogP contribution in [0, 0.1) is 17.8 Å². The molecule has 70 valence electrons. The third-order valence-corrected chi connectivity index (χ3v) is 3.45. The highest BCUT2D eigenvalue weighted by atomic mass is 14.4. The highest BCUT2D eigenvalue weighted by molar-refractivity contribution is 5.28. The Labute approximate surface area is 77.1 Å². The van der Waals surface area contributed by atoms with Crippen LogP contribution < -0.4 is 0 Å². The van der Waals surface area contributed by atoms with Crippen LogP contribution in [-0.2, 0) is 0 Å². The van der Waals surface area contributed by atoms with Crippen LogP contribution in [0.5, 0.6) is 0 Å². The molecule has 0 aromatic rings. The fourth-order valence-electron chi connectivity index (χ4n) is 2.47. The first kappa shape index (κ1) is 9.83. The molecule has 0 bridgehead atoms. The van der Waals surface area contributed by atoms with Crippen molar-refractivity contribution in [2.24, 2.45) is 17.8 Å². The lowest BCUT2D eigenvalue weighted by Crippen LogP contribution is -2.15. The van der Waals surface area contributed by atoms with E-state index in [0.717, 1.165) is 17.8 Å². The van der Waals surface area contributed by atoms with Crippen molar-refractivity contribution in [3.05, 3.63) is 11.6 Å². The van der Waals surface area contributed by atoms with Crippen molar-refractivity contribution < 1.29 is 0 Å². The standard InChI is InChI=1S/C12H22/c1-5-10(6-2)11(7-3)12-8-9(12)4/h8,10-12H,5-7H2,1-4H3. The maximum absolute atomic E-state index is 2.44. The zero-order chi connectivity index (χ0) is 9.14. The van der Waals surface area contributed by atoms with Gasteiger partial charge in [-0.25, -0.2) is 0 Å². The monoisotopic (exact) mass is 166 g/mol. The fourth-order valence-corrected chi connectivity index (χ4v) is 2.47. The van der Waals surface area contributed by atoms with Gasteiger partial charge in [0.05, 0.1) is 0 Å². The van der Waals surface area contributed by atoms with Gasteiger partial charge in [0.1, 0.15) is 0 Å². The maximum Gasteiger partial charge on any atom is 0.000779 e. The molecule has 0 heteroatoms. The molecular formula is C12H22. The van der Waals surface area contributed by atoms with Gasteiger partial charge in [-0.1, -0.05) is 51.7 Å². The SMILES string of the molecule is CCC(CC)C(CC)C1C=C1C. The third-order valence-electron chi connectivity index (χ3n) is 3.45. The summed E-state index contributed by atoms with van der Waals surface area (Å²) in [6.45, 7) is 9.27. The van der Waals surface area contributed by atoms with Crippen molar-refractivity contribution in [2.45, 2.75) is 47.0 Å². The molecule has 0 heterocycles. The zero-order valence-corrected chi connectivity index (χ0v) is 8.93. The second kappa shape index (κ2) is 4.11. The summed E-state index contributed by atoms with van der Waals surface area (Å²) in [4.78, 5) is 0. The minimum atomic E-state index is 0.875. The molecule has 0 saturated heterocycles. The molecule has 0 aliphatic heterocycles. The predicted molar refractivity (Wildman–Crippen MR) is 55.1 cm³/mol. The Morgan fingerprint density at radius 1 is 1.17 bits per heavy atom. The molecule has 1 aliphatic rings. The van der Waals surface area contributed by atoms with E-state index in [0.29, 0.717) is 0 Å². The summed E-state index contributed by atoms with van der Waals surface area (Å²) in [6.07, 6.45) is 6.50. The minimum Gasteiger partial charge on any atom is -0.0775 e. The van der Waals surface area contributed by atoms with Gasteiger partial charge in [-0.2, -0.15) is 0 Å². The van der Waals surface area contributed by atoms with Gasteiger partial charge in [-0.15, -0.1) is 0 Å². The van der Waals surface area contributed by atoms with E-state index < -0.39 is 0 Å². The van der Waals surface area contributed by atoms with E-state index >= 15 is 0 Å². The second-order valence-electron chi connectivity index (χ2n) is 4.09. The summed E-state index contributed by atoms with van der Waals surface area (Å²) in [5, 5.41) is 0. The van der Waals surface area contributed by atoms with E-state index in [1.165, 1.54) is 19.3 Å². The van der Waals surface area contributed by atoms with Crippen molar-refractivity contribution in [1.82, 2.24) is 0 Å². The molecule has 0 aromatic heterocycles. The van der Waals surface area contributed by atoms with Crippen molar-refractivity contribution in [3.63, 3.8) is 0 Å². The van der Waals surface area contributed by atoms with Crippen LogP contribution in [0.25, 0.3) is 0 Å². The maximum atomic E-state index is 2.44. The Kier molecular flexibility index (Phi) is 3.37. The largest absolute Gasteiger partial charge is 0.0775 e. The van der Waals surface area contributed by atoms with Crippen LogP contribution in [0.15, 0.2) is 11.6 Å². The minimum absolute atomic E-state index is 0.875. The quantitative estimate of drug-likeness (QED) is 0.541. The summed E-state index contributed by atoms with van der Waals surface area (Å²) >= 11 is 0. The van der Waals surface area contributed by atoms with E-state index in [1.54, 1.807) is 5.57 Å². The highest BCUT2D eigenvalue weighted by Gasteiger charge is 2.32. The van der Waals surface area contributed by atoms with Gasteiger partial charge < -0.3 is 0 Å². The molecule has 0 radical (unpaired) electrons. The number of hydrogen-bond donors (Lipinski definition) is 0. The molecule has 2 atom stereocenters. The molecule has 1 rings (SSSR count). The summed E-state index contributed by atoms with van der Waals surface area (Å²) in [6, 6.07) is 0. The van der Waals surface area contributed by atoms with Gasteiger partial charge in [0, 0.05) is 5.92 Å². The average molecular weight is 166 g/mol. The van der Waals surface area contributed by atoms with Crippen molar-refractivity contribution in [1.29, 1.82) is 0 Å². The summed E-state index contributed by atoms with van der Waals surface area (Å²) in [5.74, 6) is 2.77. The molecule has 0 saturated carbocycles. The van der Waals surface area contributed by atoms with Crippen molar-refractivity contribution in [2.75, 3.05) is 0 Å². The van der Waals surface area contributed by atoms with Gasteiger partial charge in [-0.05, 0) is 18.8 Å². The van der Waals surface area contributed by atoms with E-state index in [-0.39, 0.29) is 0 Å². The Morgan fingerprint density at radius 3 is 1.92 bits per heavy atom. The van der Waals surface area contributed by atoms with Gasteiger partial charge >= 0.3 is 0 Å². The summed E-state index contributed by atoms with van der Waals surface area (Å²) in [5.41, 5.74) is 1.63. The van der Waals surface area contributed by atoms with Crippen LogP contribution in [0.4, 0.5) is 0 Å². The van der Waals surface area contributed by atoms with E-state index in [1.807, 2.05) is 0 Å². The highest BCUT2D eigenvalue weighted by Crippen LogP contribution is 2.42. The molecule has 0 spiro atoms. The summed E-state index contributed by atoms with van der Waals surface area (Å²) < 4.78 is 0. The van der Waals surface area contributed by atoms with Crippen LogP contribution in [0.3, 0.4) is 0 Å². The predicted octanol–water partition coefficient (Wildman–Crippen LogP) is 4.02. The van der Waals surface area contributed by atoms with Crippen LogP contribution in [0.1, 0.15) is 47.0 Å². The molecule has 1 aliphatic carbocycles. The topological polar surface area (TPSA) is 0 Å². The van der Waals surface area contributed by atoms with Crippen LogP contribution in [0.2, 0.25) is 0 Å². The molecule has 2 unspecified atom stereocenters. The zero-order valence-electron chi connectivity index (χ0n) is 8.93. The molecule has 0 nitrogen and oxygen atoms in total. The van der Waals surface area contributed by atoms with Gasteiger partial charge in [0.2, 0.25) is 0 Å². The Morgan fingerprint density at radius 2 is 1.67 bits per heavy atom. The molecule has 0 amide bonds. The van der Waals surface area contributed by atoms with Crippen molar-refractivity contribution >= 4 is 0 Å². The summed E-state index contributed by atoms with van der Waals surface area (Å²) in [7, 11) is 0. The molecule has 0 fully saturated rings. The second-order valence-corrected chi connectivity index (χ2v) is 4.09. The number of rotatable bonds is 5. The smallest absolute Gasteiger partial charge is 0.000779 e. The van der Waals surface area contributed by atoms with Gasteiger partial charge in [0.25, 0.3) is 0 Å². The number of allylic oxidation sites excluding steroid dienone is 2. The lowest BCUT2D eigenvalue weighted by atomic mass is 9.81. The fraction of sp³-hybridized carbons (Fsp3) is 0.833. The molecule has 0 aromatic carbocycles. The Balaban J connectivity index is 2.43. The lowest BCUT2D eigenvalue weighted by Gasteiger charge is -2.24. The van der Waals surface area contributed by atoms with Crippen molar-refractivity contribution in [3.8, 4) is 0 Å². The first-order chi connectivity index (χ1) is 5.74. The third kappa shape index (κ3) is 1.91. The van der Waals surface area contributed by atoms with Crippen LogP contribution in [-0.4, -0.2) is 0 Å². The molecular weight excluding hydrogens is 144 g/mol. The average Bonchev–Trinajstić information content (AvgIpc) is 2.78. The first-order valence-electron chi connectivity index (χ1n) is 5.42. The van der Waals surface area contributed by atoms with Gasteiger partial charge in [0.15, 0.2) is 0 Å². The Bertz CT molecular complexity index is 163. The number of hydrogen-bond acceptors (Lipinski definition) is 0. The lowest BCUT2D eigenvalue weighted by molar-refractivity contribution is 0.279. The van der Waals surface area contributed by atoms with E-state index in [4.69, 9.17) is 0 Å². The van der Waals surface area contributed by atoms with Gasteiger partial charge in [-0.3, -0.25) is 0 Å². The Hall–Kier alpha value is -0.260. The normalized spacial score (nSPS) is 24.1. The van der Waals surface area contributed by atoms with E-state index in [9.17, 15) is 0 Å². The molecule has 0 N–H and O–H groups in total. The van der Waals surface area contributed by atoms with Crippen LogP contribution >= 0.6 is 0 Å². The van der Waals surface area contributed by atoms with E-state index in [2.05, 4.69) is 33.8 Å². The molecule has 12 heavy (non-hydrogen) atoms.